The molecule has 1 aliphatic carbocycles. The summed E-state index contributed by atoms with van der Waals surface area (Å²) in [6, 6.07) is 5.30. The van der Waals surface area contributed by atoms with E-state index in [0.717, 1.165) is 24.1 Å². The highest BCUT2D eigenvalue weighted by molar-refractivity contribution is 5.88. The van der Waals surface area contributed by atoms with Crippen LogP contribution in [0.2, 0.25) is 0 Å². The highest BCUT2D eigenvalue weighted by Gasteiger charge is 2.18. The highest BCUT2D eigenvalue weighted by Crippen LogP contribution is 2.24. The first-order valence-electron chi connectivity index (χ1n) is 8.28. The minimum absolute atomic E-state index is 0.241. The lowest BCUT2D eigenvalue weighted by atomic mass is 10.2. The third-order valence-electron chi connectivity index (χ3n) is 4.11. The van der Waals surface area contributed by atoms with Crippen molar-refractivity contribution in [2.75, 3.05) is 5.32 Å². The first-order chi connectivity index (χ1) is 11.6. The van der Waals surface area contributed by atoms with E-state index in [1.165, 1.54) is 12.8 Å². The number of aryl methyl sites for hydroxylation is 2. The second-order valence-electron chi connectivity index (χ2n) is 6.09. The predicted molar refractivity (Wildman–Crippen MR) is 90.9 cm³/mol. The van der Waals surface area contributed by atoms with Crippen molar-refractivity contribution in [1.29, 1.82) is 0 Å². The quantitative estimate of drug-likeness (QED) is 0.884. The molecule has 2 N–H and O–H groups in total. The van der Waals surface area contributed by atoms with Gasteiger partial charge in [-0.25, -0.2) is 9.78 Å². The van der Waals surface area contributed by atoms with Gasteiger partial charge >= 0.3 is 6.03 Å². The van der Waals surface area contributed by atoms with E-state index in [1.807, 2.05) is 25.1 Å². The summed E-state index contributed by atoms with van der Waals surface area (Å²) < 4.78 is 7.62. The van der Waals surface area contributed by atoms with Crippen molar-refractivity contribution in [3.63, 3.8) is 0 Å². The molecule has 3 rings (SSSR count). The monoisotopic (exact) mass is 329 g/mol. The Hall–Kier alpha value is -2.57. The maximum absolute atomic E-state index is 12.1. The number of anilines is 1. The molecule has 0 bridgehead atoms. The van der Waals surface area contributed by atoms with Crippen LogP contribution in [0.25, 0.3) is 0 Å². The number of nitrogens with zero attached hydrogens (tertiary/aromatic N) is 3. The zero-order valence-electron chi connectivity index (χ0n) is 14.1. The number of rotatable bonds is 5. The number of hydrogen-bond acceptors (Lipinski definition) is 4. The lowest BCUT2D eigenvalue weighted by Crippen LogP contribution is -2.29. The van der Waals surface area contributed by atoms with E-state index in [-0.39, 0.29) is 12.1 Å². The zero-order chi connectivity index (χ0) is 16.9. The Morgan fingerprint density at radius 1 is 1.42 bits per heavy atom. The third-order valence-corrected chi connectivity index (χ3v) is 4.11. The lowest BCUT2D eigenvalue weighted by molar-refractivity contribution is 0.199. The van der Waals surface area contributed by atoms with Gasteiger partial charge in [-0.1, -0.05) is 6.07 Å². The Labute approximate surface area is 141 Å². The maximum Gasteiger partial charge on any atom is 0.320 e. The molecule has 2 aromatic heterocycles. The summed E-state index contributed by atoms with van der Waals surface area (Å²) >= 11 is 0. The lowest BCUT2D eigenvalue weighted by Gasteiger charge is -2.15. The van der Waals surface area contributed by atoms with Gasteiger partial charge < -0.3 is 10.1 Å². The van der Waals surface area contributed by atoms with E-state index in [0.29, 0.717) is 18.2 Å². The summed E-state index contributed by atoms with van der Waals surface area (Å²) in [4.78, 5) is 16.4. The van der Waals surface area contributed by atoms with Gasteiger partial charge in [-0.2, -0.15) is 5.10 Å². The molecule has 1 saturated carbocycles. The van der Waals surface area contributed by atoms with Crippen LogP contribution in [-0.4, -0.2) is 26.9 Å². The Bertz CT molecular complexity index is 707. The number of aromatic nitrogens is 3. The van der Waals surface area contributed by atoms with Crippen molar-refractivity contribution in [1.82, 2.24) is 20.1 Å². The number of ether oxygens (including phenoxy) is 1. The zero-order valence-corrected chi connectivity index (χ0v) is 14.1. The van der Waals surface area contributed by atoms with Gasteiger partial charge in [0, 0.05) is 31.4 Å². The fourth-order valence-electron chi connectivity index (χ4n) is 2.89. The molecule has 0 atom stereocenters. The molecule has 0 unspecified atom stereocenters. The van der Waals surface area contributed by atoms with E-state index < -0.39 is 0 Å². The largest absolute Gasteiger partial charge is 0.474 e. The third kappa shape index (κ3) is 4.04. The van der Waals surface area contributed by atoms with Gasteiger partial charge in [0.1, 0.15) is 11.9 Å². The van der Waals surface area contributed by atoms with Crippen molar-refractivity contribution in [3.8, 4) is 5.88 Å². The van der Waals surface area contributed by atoms with Gasteiger partial charge in [0.15, 0.2) is 0 Å². The Morgan fingerprint density at radius 2 is 2.21 bits per heavy atom. The Kier molecular flexibility index (Phi) is 4.98. The van der Waals surface area contributed by atoms with E-state index in [2.05, 4.69) is 20.7 Å². The molecule has 7 heteroatoms. The smallest absolute Gasteiger partial charge is 0.320 e. The molecule has 0 spiro atoms. The average Bonchev–Trinajstić information content (AvgIpc) is 3.16. The van der Waals surface area contributed by atoms with Crippen LogP contribution in [0.5, 0.6) is 5.88 Å². The van der Waals surface area contributed by atoms with E-state index in [1.54, 1.807) is 17.9 Å². The molecule has 24 heavy (non-hydrogen) atoms. The van der Waals surface area contributed by atoms with Gasteiger partial charge in [0.2, 0.25) is 5.88 Å². The summed E-state index contributed by atoms with van der Waals surface area (Å²) in [5.41, 5.74) is 1.73. The molecule has 7 nitrogen and oxygen atoms in total. The SMILES string of the molecule is Cc1cc(NC(=O)NCc2cccnc2OC2CCCC2)n(C)n1. The number of hydrogen-bond donors (Lipinski definition) is 2. The topological polar surface area (TPSA) is 81.1 Å². The van der Waals surface area contributed by atoms with Gasteiger partial charge in [0.25, 0.3) is 0 Å². The summed E-state index contributed by atoms with van der Waals surface area (Å²) in [6.45, 7) is 2.24. The van der Waals surface area contributed by atoms with Crippen LogP contribution in [0.3, 0.4) is 0 Å². The second kappa shape index (κ2) is 7.33. The van der Waals surface area contributed by atoms with Gasteiger partial charge in [0.05, 0.1) is 5.69 Å². The van der Waals surface area contributed by atoms with Crippen LogP contribution in [0.4, 0.5) is 10.6 Å². The van der Waals surface area contributed by atoms with Crippen LogP contribution in [0.1, 0.15) is 36.9 Å². The molecule has 2 heterocycles. The molecule has 2 aromatic rings. The minimum atomic E-state index is -0.284. The normalized spacial score (nSPS) is 14.6. The Balaban J connectivity index is 1.57. The number of nitrogens with one attached hydrogen (secondary N) is 2. The fraction of sp³-hybridized carbons (Fsp3) is 0.471. The number of carbonyl (C=O) groups excluding carboxylic acids is 1. The van der Waals surface area contributed by atoms with Crippen molar-refractivity contribution < 1.29 is 9.53 Å². The van der Waals surface area contributed by atoms with Crippen molar-refractivity contribution in [2.24, 2.45) is 7.05 Å². The first kappa shape index (κ1) is 16.3. The van der Waals surface area contributed by atoms with Crippen LogP contribution in [0.15, 0.2) is 24.4 Å². The molecule has 0 radical (unpaired) electrons. The molecular formula is C17H23N5O2. The highest BCUT2D eigenvalue weighted by atomic mass is 16.5. The summed E-state index contributed by atoms with van der Waals surface area (Å²) in [7, 11) is 1.79. The molecule has 0 saturated heterocycles. The molecule has 1 aliphatic rings. The van der Waals surface area contributed by atoms with Crippen LogP contribution >= 0.6 is 0 Å². The number of carbonyl (C=O) groups is 1. The number of amides is 2. The van der Waals surface area contributed by atoms with Gasteiger partial charge in [-0.15, -0.1) is 0 Å². The van der Waals surface area contributed by atoms with Crippen LogP contribution < -0.4 is 15.4 Å². The van der Waals surface area contributed by atoms with E-state index >= 15 is 0 Å². The summed E-state index contributed by atoms with van der Waals surface area (Å²) in [6.07, 6.45) is 6.51. The predicted octanol–water partition coefficient (Wildman–Crippen LogP) is 2.77. The standard InChI is InChI=1S/C17H23N5O2/c1-12-10-15(22(2)21-12)20-17(23)19-11-13-6-5-9-18-16(13)24-14-7-3-4-8-14/h5-6,9-10,14H,3-4,7-8,11H2,1-2H3,(H2,19,20,23). The first-order valence-corrected chi connectivity index (χ1v) is 8.28. The molecule has 0 aromatic carbocycles. The molecular weight excluding hydrogens is 306 g/mol. The van der Waals surface area contributed by atoms with Gasteiger partial charge in [-0.05, 0) is 38.7 Å². The van der Waals surface area contributed by atoms with Crippen molar-refractivity contribution in [3.05, 3.63) is 35.7 Å². The van der Waals surface area contributed by atoms with Crippen molar-refractivity contribution in [2.45, 2.75) is 45.3 Å². The molecule has 128 valence electrons. The maximum atomic E-state index is 12.1. The molecule has 0 aliphatic heterocycles. The number of urea groups is 1. The van der Waals surface area contributed by atoms with Gasteiger partial charge in [-0.3, -0.25) is 10.00 Å². The summed E-state index contributed by atoms with van der Waals surface area (Å²) in [5, 5.41) is 9.82. The molecule has 2 amide bonds. The number of pyridine rings is 1. The van der Waals surface area contributed by atoms with E-state index in [9.17, 15) is 4.79 Å². The van der Waals surface area contributed by atoms with Crippen LogP contribution in [-0.2, 0) is 13.6 Å². The Morgan fingerprint density at radius 3 is 2.92 bits per heavy atom. The molecule has 1 fully saturated rings. The van der Waals surface area contributed by atoms with Crippen molar-refractivity contribution >= 4 is 11.8 Å². The second-order valence-corrected chi connectivity index (χ2v) is 6.09. The van der Waals surface area contributed by atoms with E-state index in [4.69, 9.17) is 4.74 Å². The summed E-state index contributed by atoms with van der Waals surface area (Å²) in [5.74, 6) is 1.26. The average molecular weight is 329 g/mol. The fourth-order valence-corrected chi connectivity index (χ4v) is 2.89. The van der Waals surface area contributed by atoms with Crippen LogP contribution in [0, 0.1) is 6.92 Å². The minimum Gasteiger partial charge on any atom is -0.474 e.